The van der Waals surface area contributed by atoms with Gasteiger partial charge in [0.2, 0.25) is 0 Å². The molecule has 3 nitrogen and oxygen atoms in total. The monoisotopic (exact) mass is 418 g/mol. The van der Waals surface area contributed by atoms with Gasteiger partial charge < -0.3 is 15.0 Å². The number of rotatable bonds is 2. The molecule has 0 rings (SSSR count). The molecule has 0 aromatic heterocycles. The third-order valence-electron chi connectivity index (χ3n) is 0.623. The fraction of sp³-hybridized carbons (Fsp3) is 0.875. The van der Waals surface area contributed by atoms with Crippen LogP contribution in [-0.2, 0) is 4.79 Å². The van der Waals surface area contributed by atoms with Crippen LogP contribution < -0.4 is 0 Å². The second kappa shape index (κ2) is 23.1. The van der Waals surface area contributed by atoms with E-state index < -0.39 is 0 Å². The van der Waals surface area contributed by atoms with Crippen molar-refractivity contribution < 1.29 is 15.0 Å². The molecule has 0 aromatic carbocycles. The lowest BCUT2D eigenvalue weighted by atomic mass is 10.2. The predicted molar refractivity (Wildman–Crippen MR) is 74.5 cm³/mol. The maximum atomic E-state index is 9.44. The Morgan fingerprint density at radius 3 is 1.38 bits per heavy atom. The third kappa shape index (κ3) is 62.5. The molecule has 13 heavy (non-hydrogen) atoms. The summed E-state index contributed by atoms with van der Waals surface area (Å²) >= 11 is 4.24. The number of carbonyl (C=O) groups excluding carboxylic acids is 1. The summed E-state index contributed by atoms with van der Waals surface area (Å²) in [6, 6.07) is 0. The van der Waals surface area contributed by atoms with Crippen molar-refractivity contribution in [1.29, 1.82) is 0 Å². The van der Waals surface area contributed by atoms with Gasteiger partial charge in [0.05, 0.1) is 0 Å². The summed E-state index contributed by atoms with van der Waals surface area (Å²) < 4.78 is 0. The number of hydrogen-bond acceptors (Lipinski definition) is 3. The van der Waals surface area contributed by atoms with E-state index in [4.69, 9.17) is 10.2 Å². The molecule has 0 radical (unpaired) electrons. The maximum absolute atomic E-state index is 9.44. The normalized spacial score (nSPS) is 7.08. The number of aliphatic hydroxyl groups excluding tert-OH is 2. The zero-order valence-corrected chi connectivity index (χ0v) is 11.9. The smallest absolute Gasteiger partial charge is 0.126 e. The van der Waals surface area contributed by atoms with Gasteiger partial charge in [0.15, 0.2) is 0 Å². The van der Waals surface area contributed by atoms with Crippen molar-refractivity contribution in [2.45, 2.75) is 28.2 Å². The Bertz CT molecular complexity index is 81.5. The van der Waals surface area contributed by atoms with Crippen LogP contribution in [0.5, 0.6) is 0 Å². The van der Waals surface area contributed by atoms with E-state index in [-0.39, 0.29) is 32.3 Å². The van der Waals surface area contributed by atoms with Crippen LogP contribution in [0.3, 0.4) is 0 Å². The molecule has 0 spiro atoms. The minimum Gasteiger partial charge on any atom is -0.396 e. The third-order valence-corrected chi connectivity index (χ3v) is 0.623. The lowest BCUT2D eigenvalue weighted by Gasteiger charge is -1.97. The molecule has 0 atom stereocenters. The Labute approximate surface area is 105 Å². The van der Waals surface area contributed by atoms with Gasteiger partial charge in [-0.25, -0.2) is 0 Å². The molecular weight excluding hydrogens is 398 g/mol. The molecule has 5 heteroatoms. The SMILES string of the molecule is C.CC(C)=O.CC(CO)CO.II. The van der Waals surface area contributed by atoms with E-state index in [0.717, 1.165) is 0 Å². The lowest BCUT2D eigenvalue weighted by molar-refractivity contribution is -0.114. The van der Waals surface area contributed by atoms with Crippen molar-refractivity contribution in [3.05, 3.63) is 0 Å². The Hall–Kier alpha value is 1.05. The first kappa shape index (κ1) is 23.7. The molecule has 0 aliphatic carbocycles. The summed E-state index contributed by atoms with van der Waals surface area (Å²) in [5.41, 5.74) is 0. The van der Waals surface area contributed by atoms with E-state index in [1.165, 1.54) is 13.8 Å². The summed E-state index contributed by atoms with van der Waals surface area (Å²) in [4.78, 5) is 9.44. The van der Waals surface area contributed by atoms with Crippen LogP contribution in [0.2, 0.25) is 0 Å². The standard InChI is InChI=1S/C4H10O2.C3H6O.CH4.I2/c1-4(2-5)3-6;1-3(2)4;;1-2/h4-6H,2-3H2,1H3;1-2H3;1H4;. The van der Waals surface area contributed by atoms with Gasteiger partial charge in [0.25, 0.3) is 0 Å². The zero-order chi connectivity index (χ0) is 10.6. The van der Waals surface area contributed by atoms with Crippen molar-refractivity contribution in [2.24, 2.45) is 5.92 Å². The van der Waals surface area contributed by atoms with Crippen molar-refractivity contribution in [3.63, 3.8) is 0 Å². The van der Waals surface area contributed by atoms with Crippen LogP contribution in [-0.4, -0.2) is 29.2 Å². The number of hydrogen-bond donors (Lipinski definition) is 2. The van der Waals surface area contributed by atoms with E-state index in [0.29, 0.717) is 0 Å². The maximum Gasteiger partial charge on any atom is 0.126 e. The van der Waals surface area contributed by atoms with Crippen LogP contribution in [0.15, 0.2) is 0 Å². The van der Waals surface area contributed by atoms with Crippen molar-refractivity contribution in [2.75, 3.05) is 13.2 Å². The Balaban J connectivity index is -0.0000000512. The molecule has 0 aliphatic rings. The van der Waals surface area contributed by atoms with Crippen LogP contribution >= 0.6 is 37.2 Å². The number of carbonyl (C=O) groups is 1. The largest absolute Gasteiger partial charge is 0.396 e. The highest BCUT2D eigenvalue weighted by Gasteiger charge is 1.91. The summed E-state index contributed by atoms with van der Waals surface area (Å²) in [6.45, 7) is 4.99. The van der Waals surface area contributed by atoms with E-state index in [9.17, 15) is 4.79 Å². The zero-order valence-electron chi connectivity index (χ0n) is 7.55. The highest BCUT2D eigenvalue weighted by atomic mass is 128. The minimum atomic E-state index is 0. The number of Topliss-reactive ketones (excluding diaryl/α,β-unsaturated/α-hetero) is 1. The minimum absolute atomic E-state index is 0. The van der Waals surface area contributed by atoms with Gasteiger partial charge in [-0.3, -0.25) is 0 Å². The van der Waals surface area contributed by atoms with Gasteiger partial charge in [-0.2, -0.15) is 0 Å². The Morgan fingerprint density at radius 2 is 1.38 bits per heavy atom. The second-order valence-corrected chi connectivity index (χ2v) is 2.38. The highest BCUT2D eigenvalue weighted by molar-refractivity contribution is 15.0. The summed E-state index contributed by atoms with van der Waals surface area (Å²) in [7, 11) is 0. The fourth-order valence-electron chi connectivity index (χ4n) is 0.0577. The average molecular weight is 418 g/mol. The summed E-state index contributed by atoms with van der Waals surface area (Å²) in [5, 5.41) is 16.3. The first-order valence-corrected chi connectivity index (χ1v) is 9.66. The fourth-order valence-corrected chi connectivity index (χ4v) is 0.0577. The molecule has 0 aliphatic heterocycles. The molecule has 2 N–H and O–H groups in total. The van der Waals surface area contributed by atoms with Crippen LogP contribution in [0.1, 0.15) is 28.2 Å². The van der Waals surface area contributed by atoms with Crippen molar-refractivity contribution >= 4 is 43.0 Å². The molecule has 0 heterocycles. The summed E-state index contributed by atoms with van der Waals surface area (Å²) in [5.74, 6) is 0.213. The molecule has 0 amide bonds. The lowest BCUT2D eigenvalue weighted by Crippen LogP contribution is -2.04. The highest BCUT2D eigenvalue weighted by Crippen LogP contribution is 1.89. The van der Waals surface area contributed by atoms with Crippen molar-refractivity contribution in [3.8, 4) is 0 Å². The number of ketones is 1. The second-order valence-electron chi connectivity index (χ2n) is 2.38. The topological polar surface area (TPSA) is 57.5 Å². The molecule has 84 valence electrons. The van der Waals surface area contributed by atoms with Gasteiger partial charge in [-0.15, -0.1) is 0 Å². The Morgan fingerprint density at radius 1 is 1.23 bits per heavy atom. The van der Waals surface area contributed by atoms with Crippen LogP contribution in [0.4, 0.5) is 0 Å². The quantitative estimate of drug-likeness (QED) is 0.679. The predicted octanol–water partition coefficient (Wildman–Crippen LogP) is 2.61. The van der Waals surface area contributed by atoms with Gasteiger partial charge >= 0.3 is 0 Å². The van der Waals surface area contributed by atoms with Gasteiger partial charge in [0.1, 0.15) is 5.78 Å². The van der Waals surface area contributed by atoms with E-state index in [1.807, 2.05) is 0 Å². The van der Waals surface area contributed by atoms with Crippen LogP contribution in [0, 0.1) is 5.92 Å². The molecule has 0 unspecified atom stereocenters. The average Bonchev–Trinajstić information content (AvgIpc) is 2.06. The van der Waals surface area contributed by atoms with Crippen molar-refractivity contribution in [1.82, 2.24) is 0 Å². The van der Waals surface area contributed by atoms with Gasteiger partial charge in [0, 0.05) is 56.4 Å². The van der Waals surface area contributed by atoms with E-state index in [1.54, 1.807) is 6.92 Å². The molecular formula is C8H20I2O3. The Kier molecular flexibility index (Phi) is 42.2. The van der Waals surface area contributed by atoms with Gasteiger partial charge in [-0.1, -0.05) is 14.4 Å². The number of aliphatic hydroxyl groups is 2. The molecule has 0 aromatic rings. The van der Waals surface area contributed by atoms with Crippen LogP contribution in [0.25, 0.3) is 0 Å². The molecule has 0 bridgehead atoms. The van der Waals surface area contributed by atoms with Gasteiger partial charge in [-0.05, 0) is 13.8 Å². The summed E-state index contributed by atoms with van der Waals surface area (Å²) in [6.07, 6.45) is 0. The first-order valence-electron chi connectivity index (χ1n) is 3.37. The molecule has 0 saturated carbocycles. The number of halogens is 2. The van der Waals surface area contributed by atoms with E-state index in [2.05, 4.69) is 37.2 Å². The molecule has 0 fully saturated rings. The first-order chi connectivity index (χ1) is 5.54. The van der Waals surface area contributed by atoms with E-state index >= 15 is 0 Å². The molecule has 0 saturated heterocycles.